The summed E-state index contributed by atoms with van der Waals surface area (Å²) < 4.78 is 41.5. The lowest BCUT2D eigenvalue weighted by Gasteiger charge is -2.13. The first-order chi connectivity index (χ1) is 9.28. The average Bonchev–Trinajstić information content (AvgIpc) is 2.34. The number of pyridine rings is 1. The van der Waals surface area contributed by atoms with Gasteiger partial charge in [-0.05, 0) is 23.6 Å². The van der Waals surface area contributed by atoms with E-state index in [2.05, 4.69) is 4.98 Å². The van der Waals surface area contributed by atoms with Gasteiger partial charge in [-0.25, -0.2) is 4.98 Å². The molecule has 108 valence electrons. The number of rotatable bonds is 3. The van der Waals surface area contributed by atoms with Crippen LogP contribution in [0, 0.1) is 0 Å². The lowest BCUT2D eigenvalue weighted by Crippen LogP contribution is -2.19. The van der Waals surface area contributed by atoms with Crippen LogP contribution in [0.5, 0.6) is 5.75 Å². The number of fused-ring (bicyclic) bond motifs is 1. The molecule has 0 saturated carbocycles. The highest BCUT2D eigenvalue weighted by Crippen LogP contribution is 2.31. The standard InChI is InChI=1S/C14H13ClF3NO/c1-8(2)10-6-9-4-3-5-11(12(9)19-13(10)15)20-7-14(16,17)18/h3-6,8H,7H2,1-2H3. The largest absolute Gasteiger partial charge is 0.482 e. The number of benzene rings is 1. The van der Waals surface area contributed by atoms with E-state index in [-0.39, 0.29) is 16.8 Å². The maximum atomic E-state index is 12.2. The Hall–Kier alpha value is -1.49. The average molecular weight is 304 g/mol. The Kier molecular flexibility index (Phi) is 4.09. The van der Waals surface area contributed by atoms with E-state index in [9.17, 15) is 13.2 Å². The summed E-state index contributed by atoms with van der Waals surface area (Å²) in [5.74, 6) is 0.260. The van der Waals surface area contributed by atoms with Crippen LogP contribution in [0.1, 0.15) is 25.3 Å². The minimum Gasteiger partial charge on any atom is -0.482 e. The molecule has 2 aromatic rings. The summed E-state index contributed by atoms with van der Waals surface area (Å²) in [5, 5.41) is 0.994. The van der Waals surface area contributed by atoms with Crippen LogP contribution in [-0.4, -0.2) is 17.8 Å². The summed E-state index contributed by atoms with van der Waals surface area (Å²) in [6.45, 7) is 2.59. The maximum Gasteiger partial charge on any atom is 0.422 e. The fraction of sp³-hybridized carbons (Fsp3) is 0.357. The number of halogens is 4. The van der Waals surface area contributed by atoms with Gasteiger partial charge < -0.3 is 4.74 Å². The molecule has 0 bridgehead atoms. The highest BCUT2D eigenvalue weighted by molar-refractivity contribution is 6.30. The van der Waals surface area contributed by atoms with Gasteiger partial charge in [0.2, 0.25) is 0 Å². The first-order valence-electron chi connectivity index (χ1n) is 6.06. The van der Waals surface area contributed by atoms with E-state index in [1.165, 1.54) is 6.07 Å². The number of ether oxygens (including phenoxy) is 1. The van der Waals surface area contributed by atoms with Crippen LogP contribution in [0.2, 0.25) is 5.15 Å². The smallest absolute Gasteiger partial charge is 0.422 e. The monoisotopic (exact) mass is 303 g/mol. The molecule has 0 aliphatic heterocycles. The van der Waals surface area contributed by atoms with Crippen molar-refractivity contribution >= 4 is 22.5 Å². The zero-order valence-corrected chi connectivity index (χ0v) is 11.7. The van der Waals surface area contributed by atoms with Crippen molar-refractivity contribution in [2.24, 2.45) is 0 Å². The molecular weight excluding hydrogens is 291 g/mol. The SMILES string of the molecule is CC(C)c1cc2cccc(OCC(F)(F)F)c2nc1Cl. The molecule has 6 heteroatoms. The van der Waals surface area contributed by atoms with Crippen LogP contribution in [0.25, 0.3) is 10.9 Å². The van der Waals surface area contributed by atoms with Gasteiger partial charge in [-0.15, -0.1) is 0 Å². The Morgan fingerprint density at radius 1 is 1.30 bits per heavy atom. The highest BCUT2D eigenvalue weighted by Gasteiger charge is 2.28. The molecule has 0 fully saturated rings. The molecule has 2 nitrogen and oxygen atoms in total. The molecule has 0 radical (unpaired) electrons. The first-order valence-corrected chi connectivity index (χ1v) is 6.44. The third-order valence-electron chi connectivity index (χ3n) is 2.80. The predicted octanol–water partition coefficient (Wildman–Crippen LogP) is 4.95. The summed E-state index contributed by atoms with van der Waals surface area (Å²) in [4.78, 5) is 4.17. The van der Waals surface area contributed by atoms with Crippen molar-refractivity contribution in [3.63, 3.8) is 0 Å². The van der Waals surface area contributed by atoms with Crippen molar-refractivity contribution in [3.05, 3.63) is 35.0 Å². The maximum absolute atomic E-state index is 12.2. The number of alkyl halides is 3. The summed E-state index contributed by atoms with van der Waals surface area (Å²) in [6.07, 6.45) is -4.39. The molecular formula is C14H13ClF3NO. The second-order valence-electron chi connectivity index (χ2n) is 4.75. The van der Waals surface area contributed by atoms with E-state index in [1.54, 1.807) is 12.1 Å². The Labute approximate surface area is 119 Å². The quantitative estimate of drug-likeness (QED) is 0.748. The minimum atomic E-state index is -4.39. The van der Waals surface area contributed by atoms with Crippen LogP contribution >= 0.6 is 11.6 Å². The second-order valence-corrected chi connectivity index (χ2v) is 5.11. The third kappa shape index (κ3) is 3.33. The molecule has 0 unspecified atom stereocenters. The van der Waals surface area contributed by atoms with Gasteiger partial charge in [-0.2, -0.15) is 13.2 Å². The molecule has 1 aromatic heterocycles. The number of nitrogens with zero attached hydrogens (tertiary/aromatic N) is 1. The fourth-order valence-electron chi connectivity index (χ4n) is 1.85. The summed E-state index contributed by atoms with van der Waals surface area (Å²) in [6, 6.07) is 6.68. The van der Waals surface area contributed by atoms with E-state index < -0.39 is 12.8 Å². The third-order valence-corrected chi connectivity index (χ3v) is 3.11. The van der Waals surface area contributed by atoms with E-state index in [4.69, 9.17) is 16.3 Å². The van der Waals surface area contributed by atoms with Crippen molar-refractivity contribution in [3.8, 4) is 5.75 Å². The molecule has 2 rings (SSSR count). The highest BCUT2D eigenvalue weighted by atomic mass is 35.5. The van der Waals surface area contributed by atoms with Crippen LogP contribution in [0.4, 0.5) is 13.2 Å². The van der Waals surface area contributed by atoms with Gasteiger partial charge in [-0.1, -0.05) is 37.6 Å². The Bertz CT molecular complexity index is 626. The van der Waals surface area contributed by atoms with Crippen LogP contribution in [0.15, 0.2) is 24.3 Å². The van der Waals surface area contributed by atoms with Gasteiger partial charge in [0.25, 0.3) is 0 Å². The molecule has 1 aromatic carbocycles. The van der Waals surface area contributed by atoms with E-state index in [1.807, 2.05) is 19.9 Å². The summed E-state index contributed by atoms with van der Waals surface area (Å²) in [7, 11) is 0. The minimum absolute atomic E-state index is 0.0806. The molecule has 1 heterocycles. The predicted molar refractivity (Wildman–Crippen MR) is 72.4 cm³/mol. The molecule has 0 saturated heterocycles. The number of hydrogen-bond acceptors (Lipinski definition) is 2. The van der Waals surface area contributed by atoms with Crippen molar-refractivity contribution in [1.82, 2.24) is 4.98 Å². The van der Waals surface area contributed by atoms with Gasteiger partial charge in [0, 0.05) is 5.39 Å². The van der Waals surface area contributed by atoms with Crippen LogP contribution in [0.3, 0.4) is 0 Å². The van der Waals surface area contributed by atoms with E-state index in [0.717, 1.165) is 5.56 Å². The summed E-state index contributed by atoms with van der Waals surface area (Å²) in [5.41, 5.74) is 1.19. The normalized spacial score (nSPS) is 12.2. The van der Waals surface area contributed by atoms with Crippen molar-refractivity contribution in [2.75, 3.05) is 6.61 Å². The molecule has 20 heavy (non-hydrogen) atoms. The van der Waals surface area contributed by atoms with Gasteiger partial charge in [0.15, 0.2) is 6.61 Å². The van der Waals surface area contributed by atoms with Crippen molar-refractivity contribution < 1.29 is 17.9 Å². The van der Waals surface area contributed by atoms with Gasteiger partial charge in [-0.3, -0.25) is 0 Å². The number of hydrogen-bond donors (Lipinski definition) is 0. The molecule has 0 spiro atoms. The van der Waals surface area contributed by atoms with Gasteiger partial charge >= 0.3 is 6.18 Å². The van der Waals surface area contributed by atoms with Crippen molar-refractivity contribution in [2.45, 2.75) is 25.9 Å². The second kappa shape index (κ2) is 5.48. The first kappa shape index (κ1) is 14.9. The zero-order chi connectivity index (χ0) is 14.9. The number of para-hydroxylation sites is 1. The molecule has 0 amide bonds. The van der Waals surface area contributed by atoms with Gasteiger partial charge in [0.1, 0.15) is 16.4 Å². The van der Waals surface area contributed by atoms with E-state index in [0.29, 0.717) is 10.9 Å². The Morgan fingerprint density at radius 2 is 2.00 bits per heavy atom. The van der Waals surface area contributed by atoms with Gasteiger partial charge in [0.05, 0.1) is 0 Å². The number of aromatic nitrogens is 1. The molecule has 0 N–H and O–H groups in total. The fourth-order valence-corrected chi connectivity index (χ4v) is 2.20. The zero-order valence-electron chi connectivity index (χ0n) is 11.0. The molecule has 0 aliphatic rings. The Balaban J connectivity index is 2.45. The van der Waals surface area contributed by atoms with Crippen LogP contribution in [-0.2, 0) is 0 Å². The van der Waals surface area contributed by atoms with Crippen molar-refractivity contribution in [1.29, 1.82) is 0 Å². The van der Waals surface area contributed by atoms with E-state index >= 15 is 0 Å². The van der Waals surface area contributed by atoms with Crippen LogP contribution < -0.4 is 4.74 Å². The Morgan fingerprint density at radius 3 is 2.60 bits per heavy atom. The summed E-state index contributed by atoms with van der Waals surface area (Å²) >= 11 is 6.07. The molecule has 0 atom stereocenters. The topological polar surface area (TPSA) is 22.1 Å². The lowest BCUT2D eigenvalue weighted by molar-refractivity contribution is -0.153. The lowest BCUT2D eigenvalue weighted by atomic mass is 10.0. The molecule has 0 aliphatic carbocycles.